The van der Waals surface area contributed by atoms with E-state index < -0.39 is 28.8 Å². The van der Waals surface area contributed by atoms with Gasteiger partial charge in [-0.25, -0.2) is 13.1 Å². The van der Waals surface area contributed by atoms with Crippen LogP contribution in [0, 0.1) is 6.92 Å². The minimum Gasteiger partial charge on any atom is -0.397 e. The molecule has 0 saturated carbocycles. The van der Waals surface area contributed by atoms with Gasteiger partial charge >= 0.3 is 6.18 Å². The molecule has 1 aromatic rings. The Kier molecular flexibility index (Phi) is 4.90. The number of nitrogens with one attached hydrogen (secondary N) is 1. The molecule has 1 aromatic carbocycles. The van der Waals surface area contributed by atoms with Gasteiger partial charge < -0.3 is 10.8 Å². The van der Waals surface area contributed by atoms with Gasteiger partial charge in [0.05, 0.1) is 15.6 Å². The van der Waals surface area contributed by atoms with Gasteiger partial charge in [-0.1, -0.05) is 11.6 Å². The second kappa shape index (κ2) is 5.76. The Bertz CT molecular complexity index is 605. The molecule has 10 heteroatoms. The van der Waals surface area contributed by atoms with Crippen molar-refractivity contribution in [3.63, 3.8) is 0 Å². The third-order valence-corrected chi connectivity index (χ3v) is 4.32. The Labute approximate surface area is 118 Å². The van der Waals surface area contributed by atoms with Crippen molar-refractivity contribution in [3.8, 4) is 0 Å². The summed E-state index contributed by atoms with van der Waals surface area (Å²) in [7, 11) is -4.23. The van der Waals surface area contributed by atoms with Gasteiger partial charge in [0.15, 0.2) is 6.10 Å². The van der Waals surface area contributed by atoms with E-state index in [-0.39, 0.29) is 21.2 Å². The van der Waals surface area contributed by atoms with Crippen molar-refractivity contribution in [2.75, 3.05) is 12.3 Å². The summed E-state index contributed by atoms with van der Waals surface area (Å²) < 4.78 is 61.7. The maximum atomic E-state index is 12.1. The average Bonchev–Trinajstić information content (AvgIpc) is 2.29. The van der Waals surface area contributed by atoms with Gasteiger partial charge in [-0.05, 0) is 24.6 Å². The van der Waals surface area contributed by atoms with Crippen LogP contribution in [0.4, 0.5) is 18.9 Å². The van der Waals surface area contributed by atoms with Crippen LogP contribution in [0.3, 0.4) is 0 Å². The summed E-state index contributed by atoms with van der Waals surface area (Å²) in [5, 5.41) is 8.90. The summed E-state index contributed by atoms with van der Waals surface area (Å²) >= 11 is 5.69. The van der Waals surface area contributed by atoms with Crippen molar-refractivity contribution in [1.29, 1.82) is 0 Å². The van der Waals surface area contributed by atoms with Gasteiger partial charge in [-0.15, -0.1) is 0 Å². The summed E-state index contributed by atoms with van der Waals surface area (Å²) in [6, 6.07) is 2.33. The van der Waals surface area contributed by atoms with Crippen LogP contribution in [0.1, 0.15) is 5.56 Å². The first-order valence-electron chi connectivity index (χ1n) is 5.25. The summed E-state index contributed by atoms with van der Waals surface area (Å²) in [5.41, 5.74) is 5.66. The van der Waals surface area contributed by atoms with Gasteiger partial charge in [-0.3, -0.25) is 0 Å². The molecule has 1 rings (SSSR count). The lowest BCUT2D eigenvalue weighted by molar-refractivity contribution is -0.200. The molecule has 4 N–H and O–H groups in total. The van der Waals surface area contributed by atoms with Crippen molar-refractivity contribution in [1.82, 2.24) is 4.72 Å². The molecule has 0 radical (unpaired) electrons. The molecule has 1 atom stereocenters. The predicted octanol–water partition coefficient (Wildman–Crippen LogP) is 1.43. The standard InChI is InChI=1S/C10H12ClF3N2O3S/c1-5-2-6(11)7(15)3-8(5)20(18,19)16-4-9(17)10(12,13)14/h2-3,9,16-17H,4,15H2,1H3. The number of anilines is 1. The topological polar surface area (TPSA) is 92.4 Å². The van der Waals surface area contributed by atoms with Crippen molar-refractivity contribution in [2.45, 2.75) is 24.1 Å². The third-order valence-electron chi connectivity index (χ3n) is 2.43. The van der Waals surface area contributed by atoms with Gasteiger partial charge in [0.1, 0.15) is 0 Å². The molecule has 0 spiro atoms. The lowest BCUT2D eigenvalue weighted by atomic mass is 10.2. The van der Waals surface area contributed by atoms with Crippen molar-refractivity contribution < 1.29 is 26.7 Å². The first-order valence-corrected chi connectivity index (χ1v) is 7.11. The van der Waals surface area contributed by atoms with E-state index in [1.807, 2.05) is 0 Å². The number of benzene rings is 1. The molecule has 20 heavy (non-hydrogen) atoms. The molecule has 0 amide bonds. The Morgan fingerprint density at radius 3 is 2.50 bits per heavy atom. The number of hydrogen-bond acceptors (Lipinski definition) is 4. The molecular weight excluding hydrogens is 321 g/mol. The summed E-state index contributed by atoms with van der Waals surface area (Å²) in [5.74, 6) is 0. The Morgan fingerprint density at radius 1 is 1.45 bits per heavy atom. The van der Waals surface area contributed by atoms with E-state index in [1.54, 1.807) is 4.72 Å². The number of aryl methyl sites for hydroxylation is 1. The van der Waals surface area contributed by atoms with E-state index in [2.05, 4.69) is 0 Å². The molecule has 0 fully saturated rings. The Morgan fingerprint density at radius 2 is 2.00 bits per heavy atom. The van der Waals surface area contributed by atoms with Crippen molar-refractivity contribution >= 4 is 27.3 Å². The molecule has 0 aliphatic rings. The number of aliphatic hydroxyl groups excluding tert-OH is 1. The van der Waals surface area contributed by atoms with Crippen molar-refractivity contribution in [3.05, 3.63) is 22.7 Å². The van der Waals surface area contributed by atoms with E-state index in [1.165, 1.54) is 13.0 Å². The number of sulfonamides is 1. The first kappa shape index (κ1) is 17.0. The minimum atomic E-state index is -4.91. The molecule has 0 heterocycles. The van der Waals surface area contributed by atoms with E-state index >= 15 is 0 Å². The maximum Gasteiger partial charge on any atom is 0.415 e. The number of nitrogens with two attached hydrogens (primary N) is 1. The zero-order valence-electron chi connectivity index (χ0n) is 10.2. The molecule has 1 unspecified atom stereocenters. The highest BCUT2D eigenvalue weighted by atomic mass is 35.5. The van der Waals surface area contributed by atoms with Crippen LogP contribution in [0.2, 0.25) is 5.02 Å². The molecule has 0 aliphatic carbocycles. The highest BCUT2D eigenvalue weighted by Crippen LogP contribution is 2.26. The van der Waals surface area contributed by atoms with Gasteiger partial charge in [0.25, 0.3) is 0 Å². The largest absolute Gasteiger partial charge is 0.415 e. The van der Waals surface area contributed by atoms with Crippen LogP contribution in [-0.4, -0.2) is 32.3 Å². The molecule has 5 nitrogen and oxygen atoms in total. The number of aliphatic hydroxyl groups is 1. The third kappa shape index (κ3) is 3.98. The number of rotatable bonds is 4. The predicted molar refractivity (Wildman–Crippen MR) is 67.9 cm³/mol. The van der Waals surface area contributed by atoms with Gasteiger partial charge in [0.2, 0.25) is 10.0 Å². The molecule has 0 saturated heterocycles. The fourth-order valence-corrected chi connectivity index (χ4v) is 2.86. The van der Waals surface area contributed by atoms with E-state index in [0.29, 0.717) is 0 Å². The van der Waals surface area contributed by atoms with E-state index in [9.17, 15) is 21.6 Å². The van der Waals surface area contributed by atoms with E-state index in [4.69, 9.17) is 22.4 Å². The average molecular weight is 333 g/mol. The van der Waals surface area contributed by atoms with Crippen LogP contribution < -0.4 is 10.5 Å². The van der Waals surface area contributed by atoms with Crippen LogP contribution >= 0.6 is 11.6 Å². The molecular formula is C10H12ClF3N2O3S. The summed E-state index contributed by atoms with van der Waals surface area (Å²) in [4.78, 5) is -0.297. The Balaban J connectivity index is 2.98. The first-order chi connectivity index (χ1) is 8.95. The lowest BCUT2D eigenvalue weighted by Gasteiger charge is -2.16. The zero-order chi connectivity index (χ0) is 15.7. The lowest BCUT2D eigenvalue weighted by Crippen LogP contribution is -2.40. The fourth-order valence-electron chi connectivity index (χ4n) is 1.34. The molecule has 0 aromatic heterocycles. The number of hydrogen-bond donors (Lipinski definition) is 3. The molecule has 114 valence electrons. The van der Waals surface area contributed by atoms with Crippen LogP contribution in [0.5, 0.6) is 0 Å². The van der Waals surface area contributed by atoms with Crippen LogP contribution in [0.25, 0.3) is 0 Å². The van der Waals surface area contributed by atoms with Crippen LogP contribution in [0.15, 0.2) is 17.0 Å². The van der Waals surface area contributed by atoms with Gasteiger partial charge in [0, 0.05) is 6.54 Å². The highest BCUT2D eigenvalue weighted by molar-refractivity contribution is 7.89. The smallest absolute Gasteiger partial charge is 0.397 e. The van der Waals surface area contributed by atoms with Gasteiger partial charge in [-0.2, -0.15) is 13.2 Å². The number of halogens is 4. The Hall–Kier alpha value is -1.03. The fraction of sp³-hybridized carbons (Fsp3) is 0.400. The minimum absolute atomic E-state index is 0.0194. The quantitative estimate of drug-likeness (QED) is 0.727. The highest BCUT2D eigenvalue weighted by Gasteiger charge is 2.38. The molecule has 0 aliphatic heterocycles. The zero-order valence-corrected chi connectivity index (χ0v) is 11.8. The van der Waals surface area contributed by atoms with Crippen LogP contribution in [-0.2, 0) is 10.0 Å². The summed E-state index contributed by atoms with van der Waals surface area (Å²) in [6.07, 6.45) is -7.70. The monoisotopic (exact) mass is 332 g/mol. The second-order valence-electron chi connectivity index (χ2n) is 4.05. The summed E-state index contributed by atoms with van der Waals surface area (Å²) in [6.45, 7) is 0.230. The van der Waals surface area contributed by atoms with Crippen molar-refractivity contribution in [2.24, 2.45) is 0 Å². The number of nitrogen functional groups attached to an aromatic ring is 1. The maximum absolute atomic E-state index is 12.1. The second-order valence-corrected chi connectivity index (χ2v) is 6.19. The number of alkyl halides is 3. The molecule has 0 bridgehead atoms. The SMILES string of the molecule is Cc1cc(Cl)c(N)cc1S(=O)(=O)NCC(O)C(F)(F)F. The normalized spacial score (nSPS) is 14.3. The van der Waals surface area contributed by atoms with E-state index in [0.717, 1.165) is 6.07 Å².